The van der Waals surface area contributed by atoms with Gasteiger partial charge in [-0.05, 0) is 42.5 Å². The zero-order chi connectivity index (χ0) is 21.5. The van der Waals surface area contributed by atoms with Gasteiger partial charge in [-0.1, -0.05) is 0 Å². The normalized spacial score (nSPS) is 19.5. The van der Waals surface area contributed by atoms with Gasteiger partial charge in [0.1, 0.15) is 11.3 Å². The van der Waals surface area contributed by atoms with Crippen molar-refractivity contribution in [2.45, 2.75) is 13.3 Å². The van der Waals surface area contributed by atoms with Crippen LogP contribution in [0.4, 0.5) is 15.8 Å². The summed E-state index contributed by atoms with van der Waals surface area (Å²) in [5.74, 6) is -0.0611. The predicted molar refractivity (Wildman–Crippen MR) is 114 cm³/mol. The van der Waals surface area contributed by atoms with Gasteiger partial charge in [0.2, 0.25) is 11.8 Å². The summed E-state index contributed by atoms with van der Waals surface area (Å²) in [5.41, 5.74) is 3.07. The summed E-state index contributed by atoms with van der Waals surface area (Å²) in [7, 11) is 0. The number of carbonyl (C=O) groups is 2. The van der Waals surface area contributed by atoms with E-state index in [1.165, 1.54) is 12.1 Å². The van der Waals surface area contributed by atoms with E-state index < -0.39 is 0 Å². The molecule has 0 aliphatic carbocycles. The van der Waals surface area contributed by atoms with Gasteiger partial charge in [-0.25, -0.2) is 9.37 Å². The van der Waals surface area contributed by atoms with E-state index in [0.29, 0.717) is 49.7 Å². The Hall–Kier alpha value is -3.42. The Labute approximate surface area is 179 Å². The molecule has 3 heterocycles. The van der Waals surface area contributed by atoms with Crippen molar-refractivity contribution in [1.82, 2.24) is 9.88 Å². The smallest absolute Gasteiger partial charge is 0.228 e. The van der Waals surface area contributed by atoms with Crippen LogP contribution in [0, 0.1) is 18.7 Å². The first kappa shape index (κ1) is 19.5. The van der Waals surface area contributed by atoms with E-state index in [2.05, 4.69) is 9.88 Å². The number of nitrogens with zero attached hydrogens (tertiary/aromatic N) is 4. The maximum Gasteiger partial charge on any atom is 0.228 e. The van der Waals surface area contributed by atoms with Gasteiger partial charge in [0.25, 0.3) is 0 Å². The Morgan fingerprint density at radius 2 is 1.77 bits per heavy atom. The Balaban J connectivity index is 1.23. The van der Waals surface area contributed by atoms with Crippen molar-refractivity contribution >= 4 is 34.3 Å². The molecule has 2 aromatic carbocycles. The Bertz CT molecular complexity index is 1140. The Kier molecular flexibility index (Phi) is 4.84. The highest BCUT2D eigenvalue weighted by atomic mass is 19.1. The van der Waals surface area contributed by atoms with Gasteiger partial charge in [0.05, 0.1) is 5.92 Å². The maximum absolute atomic E-state index is 13.1. The summed E-state index contributed by atoms with van der Waals surface area (Å²) in [6, 6.07) is 11.9. The monoisotopic (exact) mass is 422 g/mol. The van der Waals surface area contributed by atoms with E-state index in [9.17, 15) is 14.0 Å². The van der Waals surface area contributed by atoms with Crippen LogP contribution in [0.5, 0.6) is 0 Å². The van der Waals surface area contributed by atoms with Crippen molar-refractivity contribution in [3.63, 3.8) is 0 Å². The molecule has 5 rings (SSSR count). The van der Waals surface area contributed by atoms with Gasteiger partial charge in [-0.2, -0.15) is 0 Å². The number of oxazole rings is 1. The number of piperazine rings is 1. The number of halogens is 1. The van der Waals surface area contributed by atoms with E-state index in [1.54, 1.807) is 24.0 Å². The molecule has 31 heavy (non-hydrogen) atoms. The molecule has 7 nitrogen and oxygen atoms in total. The first-order valence-electron chi connectivity index (χ1n) is 10.4. The summed E-state index contributed by atoms with van der Waals surface area (Å²) in [6.45, 7) is 4.70. The lowest BCUT2D eigenvalue weighted by atomic mass is 10.1. The minimum atomic E-state index is -0.348. The predicted octanol–water partition coefficient (Wildman–Crippen LogP) is 2.98. The summed E-state index contributed by atoms with van der Waals surface area (Å²) < 4.78 is 18.6. The first-order chi connectivity index (χ1) is 15.0. The van der Waals surface area contributed by atoms with Crippen LogP contribution < -0.4 is 9.80 Å². The number of aryl methyl sites for hydroxylation is 1. The zero-order valence-electron chi connectivity index (χ0n) is 17.3. The quantitative estimate of drug-likeness (QED) is 0.649. The highest BCUT2D eigenvalue weighted by Gasteiger charge is 2.38. The fourth-order valence-electron chi connectivity index (χ4n) is 4.42. The fourth-order valence-corrected chi connectivity index (χ4v) is 4.42. The number of hydrogen-bond donors (Lipinski definition) is 0. The number of benzene rings is 2. The van der Waals surface area contributed by atoms with E-state index in [4.69, 9.17) is 4.42 Å². The van der Waals surface area contributed by atoms with E-state index >= 15 is 0 Å². The summed E-state index contributed by atoms with van der Waals surface area (Å²) >= 11 is 0. The minimum Gasteiger partial charge on any atom is -0.441 e. The maximum atomic E-state index is 13.1. The van der Waals surface area contributed by atoms with Gasteiger partial charge in [-0.15, -0.1) is 0 Å². The van der Waals surface area contributed by atoms with Crippen molar-refractivity contribution in [2.75, 3.05) is 42.5 Å². The summed E-state index contributed by atoms with van der Waals surface area (Å²) in [6.07, 6.45) is 0.215. The van der Waals surface area contributed by atoms with Crippen LogP contribution >= 0.6 is 0 Å². The van der Waals surface area contributed by atoms with Gasteiger partial charge in [0, 0.05) is 57.4 Å². The standard InChI is InChI=1S/C23H23FN4O3/c1-15-25-20-13-19(6-7-21(20)31-15)28-14-16(12-22(28)29)23(30)27-10-8-26(9-11-27)18-4-2-17(24)3-5-18/h2-7,13,16H,8-12,14H2,1H3. The second-order valence-corrected chi connectivity index (χ2v) is 8.08. The van der Waals surface area contributed by atoms with Crippen LogP contribution in [0.1, 0.15) is 12.3 Å². The molecule has 2 saturated heterocycles. The number of hydrogen-bond acceptors (Lipinski definition) is 5. The highest BCUT2D eigenvalue weighted by molar-refractivity contribution is 6.01. The van der Waals surface area contributed by atoms with Crippen molar-refractivity contribution in [3.05, 3.63) is 54.2 Å². The Morgan fingerprint density at radius 1 is 1.06 bits per heavy atom. The van der Waals surface area contributed by atoms with Crippen LogP contribution in [0.15, 0.2) is 46.9 Å². The number of fused-ring (bicyclic) bond motifs is 1. The third kappa shape index (κ3) is 3.73. The molecule has 0 spiro atoms. The van der Waals surface area contributed by atoms with Crippen molar-refractivity contribution in [3.8, 4) is 0 Å². The van der Waals surface area contributed by atoms with Gasteiger partial charge in [0.15, 0.2) is 11.5 Å². The topological polar surface area (TPSA) is 69.9 Å². The molecule has 1 aromatic heterocycles. The first-order valence-corrected chi connectivity index (χ1v) is 10.4. The molecule has 8 heteroatoms. The minimum absolute atomic E-state index is 0.0213. The molecule has 1 unspecified atom stereocenters. The van der Waals surface area contributed by atoms with Crippen LogP contribution in [0.25, 0.3) is 11.1 Å². The molecule has 0 radical (unpaired) electrons. The molecular weight excluding hydrogens is 399 g/mol. The molecule has 2 aliphatic heterocycles. The average molecular weight is 422 g/mol. The van der Waals surface area contributed by atoms with E-state index in [1.807, 2.05) is 23.1 Å². The molecule has 0 saturated carbocycles. The van der Waals surface area contributed by atoms with Gasteiger partial charge < -0.3 is 19.1 Å². The number of rotatable bonds is 3. The molecule has 2 amide bonds. The number of anilines is 2. The van der Waals surface area contributed by atoms with Crippen molar-refractivity contribution < 1.29 is 18.4 Å². The van der Waals surface area contributed by atoms with Crippen LogP contribution in [-0.4, -0.2) is 54.4 Å². The van der Waals surface area contributed by atoms with E-state index in [-0.39, 0.29) is 30.0 Å². The second-order valence-electron chi connectivity index (χ2n) is 8.08. The molecule has 2 aliphatic rings. The van der Waals surface area contributed by atoms with Gasteiger partial charge >= 0.3 is 0 Å². The second kappa shape index (κ2) is 7.68. The third-order valence-corrected chi connectivity index (χ3v) is 6.05. The SMILES string of the molecule is Cc1nc2cc(N3CC(C(=O)N4CCN(c5ccc(F)cc5)CC4)CC3=O)ccc2o1. The lowest BCUT2D eigenvalue weighted by molar-refractivity contribution is -0.136. The molecule has 1 atom stereocenters. The third-order valence-electron chi connectivity index (χ3n) is 6.05. The molecule has 160 valence electrons. The molecule has 0 bridgehead atoms. The largest absolute Gasteiger partial charge is 0.441 e. The van der Waals surface area contributed by atoms with Gasteiger partial charge in [-0.3, -0.25) is 9.59 Å². The van der Waals surface area contributed by atoms with E-state index in [0.717, 1.165) is 11.4 Å². The Morgan fingerprint density at radius 3 is 2.52 bits per heavy atom. The van der Waals surface area contributed by atoms with Crippen LogP contribution in [0.3, 0.4) is 0 Å². The molecule has 3 aromatic rings. The summed E-state index contributed by atoms with van der Waals surface area (Å²) in [4.78, 5) is 35.7. The number of amides is 2. The lowest BCUT2D eigenvalue weighted by Crippen LogP contribution is -2.50. The lowest BCUT2D eigenvalue weighted by Gasteiger charge is -2.37. The number of aromatic nitrogens is 1. The average Bonchev–Trinajstić information content (AvgIpc) is 3.35. The van der Waals surface area contributed by atoms with Crippen molar-refractivity contribution in [2.24, 2.45) is 5.92 Å². The zero-order valence-corrected chi connectivity index (χ0v) is 17.3. The highest BCUT2D eigenvalue weighted by Crippen LogP contribution is 2.29. The van der Waals surface area contributed by atoms with Crippen molar-refractivity contribution in [1.29, 1.82) is 0 Å². The van der Waals surface area contributed by atoms with Crippen LogP contribution in [0.2, 0.25) is 0 Å². The molecule has 2 fully saturated rings. The fraction of sp³-hybridized carbons (Fsp3) is 0.348. The molecular formula is C23H23FN4O3. The van der Waals surface area contributed by atoms with Crippen LogP contribution in [-0.2, 0) is 9.59 Å². The number of carbonyl (C=O) groups excluding carboxylic acids is 2. The molecule has 0 N–H and O–H groups in total. The summed E-state index contributed by atoms with van der Waals surface area (Å²) in [5, 5.41) is 0.